The summed E-state index contributed by atoms with van der Waals surface area (Å²) in [6.07, 6.45) is 6.20. The molecule has 1 heteroatoms. The van der Waals surface area contributed by atoms with Crippen LogP contribution in [0.15, 0.2) is 43.0 Å². The van der Waals surface area contributed by atoms with Crippen LogP contribution < -0.4 is 4.74 Å². The van der Waals surface area contributed by atoms with Crippen LogP contribution in [0.4, 0.5) is 0 Å². The van der Waals surface area contributed by atoms with Crippen molar-refractivity contribution in [3.8, 4) is 5.75 Å². The average Bonchev–Trinajstić information content (AvgIpc) is 2.37. The van der Waals surface area contributed by atoms with Crippen molar-refractivity contribution < 1.29 is 4.74 Å². The Kier molecular flexibility index (Phi) is 6.27. The van der Waals surface area contributed by atoms with Crippen LogP contribution in [-0.4, -0.2) is 6.61 Å². The van der Waals surface area contributed by atoms with E-state index >= 15 is 0 Å². The molecule has 1 rings (SSSR count). The van der Waals surface area contributed by atoms with Gasteiger partial charge in [0.1, 0.15) is 5.75 Å². The molecule has 0 N–H and O–H groups in total. The zero-order chi connectivity index (χ0) is 13.4. The normalized spacial score (nSPS) is 11.7. The van der Waals surface area contributed by atoms with Gasteiger partial charge in [0, 0.05) is 0 Å². The van der Waals surface area contributed by atoms with Gasteiger partial charge in [0.15, 0.2) is 0 Å². The lowest BCUT2D eigenvalue weighted by molar-refractivity contribution is 0.309. The van der Waals surface area contributed by atoms with E-state index in [0.29, 0.717) is 5.92 Å². The molecule has 0 unspecified atom stereocenters. The molecule has 1 nitrogen and oxygen atoms in total. The molecule has 0 aliphatic heterocycles. The van der Waals surface area contributed by atoms with Crippen molar-refractivity contribution in [1.29, 1.82) is 0 Å². The molecule has 0 fully saturated rings. The van der Waals surface area contributed by atoms with Crippen LogP contribution in [0.1, 0.15) is 39.2 Å². The smallest absolute Gasteiger partial charge is 0.119 e. The molecule has 18 heavy (non-hydrogen) atoms. The molecule has 0 aromatic heterocycles. The fourth-order valence-corrected chi connectivity index (χ4v) is 1.83. The maximum absolute atomic E-state index is 5.66. The number of hydrogen-bond acceptors (Lipinski definition) is 1. The van der Waals surface area contributed by atoms with Gasteiger partial charge in [-0.3, -0.25) is 0 Å². The number of unbranched alkanes of at least 4 members (excludes halogenated alkanes) is 1. The Bertz CT molecular complexity index is 385. The first-order chi connectivity index (χ1) is 8.69. The van der Waals surface area contributed by atoms with E-state index in [1.165, 1.54) is 11.1 Å². The minimum absolute atomic E-state index is 0.495. The SMILES string of the molecule is C=C/C=C(/c1ccc(OCCCC)cc1)C(C)C. The number of hydrogen-bond donors (Lipinski definition) is 0. The molecule has 0 aliphatic rings. The van der Waals surface area contributed by atoms with E-state index in [4.69, 9.17) is 4.74 Å². The summed E-state index contributed by atoms with van der Waals surface area (Å²) >= 11 is 0. The first-order valence-electron chi connectivity index (χ1n) is 6.74. The minimum Gasteiger partial charge on any atom is -0.494 e. The summed E-state index contributed by atoms with van der Waals surface area (Å²) in [5, 5.41) is 0. The summed E-state index contributed by atoms with van der Waals surface area (Å²) in [7, 11) is 0. The third kappa shape index (κ3) is 4.40. The molecule has 1 aromatic rings. The van der Waals surface area contributed by atoms with E-state index in [1.54, 1.807) is 0 Å². The van der Waals surface area contributed by atoms with Gasteiger partial charge in [-0.2, -0.15) is 0 Å². The van der Waals surface area contributed by atoms with Crippen molar-refractivity contribution in [2.24, 2.45) is 5.92 Å². The second-order valence-electron chi connectivity index (χ2n) is 4.74. The molecule has 0 bridgehead atoms. The van der Waals surface area contributed by atoms with Crippen LogP contribution in [0.5, 0.6) is 5.75 Å². The molecular weight excluding hydrogens is 220 g/mol. The molecule has 0 saturated heterocycles. The Morgan fingerprint density at radius 2 is 1.94 bits per heavy atom. The summed E-state index contributed by atoms with van der Waals surface area (Å²) < 4.78 is 5.66. The largest absolute Gasteiger partial charge is 0.494 e. The molecule has 0 amide bonds. The standard InChI is InChI=1S/C17H24O/c1-5-7-13-18-16-11-9-15(10-12-16)17(8-6-2)14(3)4/h6,8-12,14H,2,5,7,13H2,1,3-4H3/b17-8+. The lowest BCUT2D eigenvalue weighted by atomic mass is 9.95. The second-order valence-corrected chi connectivity index (χ2v) is 4.74. The summed E-state index contributed by atoms with van der Waals surface area (Å²) in [6.45, 7) is 11.1. The van der Waals surface area contributed by atoms with Crippen molar-refractivity contribution in [3.05, 3.63) is 48.6 Å². The molecule has 0 aliphatic carbocycles. The van der Waals surface area contributed by atoms with Gasteiger partial charge in [-0.15, -0.1) is 0 Å². The Morgan fingerprint density at radius 3 is 2.44 bits per heavy atom. The minimum atomic E-state index is 0.495. The van der Waals surface area contributed by atoms with Crippen molar-refractivity contribution in [2.75, 3.05) is 6.61 Å². The van der Waals surface area contributed by atoms with E-state index in [0.717, 1.165) is 25.2 Å². The molecule has 0 saturated carbocycles. The molecular formula is C17H24O. The topological polar surface area (TPSA) is 9.23 Å². The van der Waals surface area contributed by atoms with Crippen molar-refractivity contribution >= 4 is 5.57 Å². The van der Waals surface area contributed by atoms with Crippen molar-refractivity contribution in [2.45, 2.75) is 33.6 Å². The van der Waals surface area contributed by atoms with Gasteiger partial charge in [0.05, 0.1) is 6.61 Å². The van der Waals surface area contributed by atoms with Crippen LogP contribution in [0.25, 0.3) is 5.57 Å². The van der Waals surface area contributed by atoms with Gasteiger partial charge in [0.25, 0.3) is 0 Å². The van der Waals surface area contributed by atoms with Crippen LogP contribution in [0.3, 0.4) is 0 Å². The Morgan fingerprint density at radius 1 is 1.28 bits per heavy atom. The zero-order valence-electron chi connectivity index (χ0n) is 11.8. The predicted octanol–water partition coefficient (Wildman–Crippen LogP) is 5.09. The molecule has 98 valence electrons. The number of rotatable bonds is 7. The van der Waals surface area contributed by atoms with Crippen LogP contribution in [0.2, 0.25) is 0 Å². The van der Waals surface area contributed by atoms with Gasteiger partial charge in [-0.05, 0) is 35.6 Å². The highest BCUT2D eigenvalue weighted by Crippen LogP contribution is 2.25. The third-order valence-electron chi connectivity index (χ3n) is 2.87. The molecule has 0 spiro atoms. The summed E-state index contributed by atoms with van der Waals surface area (Å²) in [5.74, 6) is 1.45. The number of allylic oxidation sites excluding steroid dienone is 3. The highest BCUT2D eigenvalue weighted by atomic mass is 16.5. The Balaban J connectivity index is 2.74. The fourth-order valence-electron chi connectivity index (χ4n) is 1.83. The molecule has 0 radical (unpaired) electrons. The highest BCUT2D eigenvalue weighted by Gasteiger charge is 2.05. The first-order valence-corrected chi connectivity index (χ1v) is 6.74. The van der Waals surface area contributed by atoms with Gasteiger partial charge >= 0.3 is 0 Å². The number of ether oxygens (including phenoxy) is 1. The zero-order valence-corrected chi connectivity index (χ0v) is 11.8. The Hall–Kier alpha value is -1.50. The molecule has 1 aromatic carbocycles. The lowest BCUT2D eigenvalue weighted by Gasteiger charge is -2.12. The van der Waals surface area contributed by atoms with Gasteiger partial charge in [-0.1, -0.05) is 58.1 Å². The van der Waals surface area contributed by atoms with Gasteiger partial charge in [0.2, 0.25) is 0 Å². The maximum Gasteiger partial charge on any atom is 0.119 e. The van der Waals surface area contributed by atoms with Crippen LogP contribution in [-0.2, 0) is 0 Å². The second kappa shape index (κ2) is 7.75. The third-order valence-corrected chi connectivity index (χ3v) is 2.87. The highest BCUT2D eigenvalue weighted by molar-refractivity contribution is 5.68. The molecule has 0 atom stereocenters. The lowest BCUT2D eigenvalue weighted by Crippen LogP contribution is -1.97. The predicted molar refractivity (Wildman–Crippen MR) is 79.9 cm³/mol. The van der Waals surface area contributed by atoms with Crippen LogP contribution >= 0.6 is 0 Å². The average molecular weight is 244 g/mol. The van der Waals surface area contributed by atoms with Crippen molar-refractivity contribution in [1.82, 2.24) is 0 Å². The maximum atomic E-state index is 5.66. The van der Waals surface area contributed by atoms with Gasteiger partial charge in [-0.25, -0.2) is 0 Å². The molecule has 0 heterocycles. The van der Waals surface area contributed by atoms with Gasteiger partial charge < -0.3 is 4.74 Å². The van der Waals surface area contributed by atoms with E-state index in [9.17, 15) is 0 Å². The van der Waals surface area contributed by atoms with Crippen molar-refractivity contribution in [3.63, 3.8) is 0 Å². The van der Waals surface area contributed by atoms with E-state index in [1.807, 2.05) is 18.2 Å². The fraction of sp³-hybridized carbons (Fsp3) is 0.412. The first kappa shape index (κ1) is 14.6. The number of benzene rings is 1. The summed E-state index contributed by atoms with van der Waals surface area (Å²) in [5.41, 5.74) is 2.55. The van der Waals surface area contributed by atoms with E-state index in [-0.39, 0.29) is 0 Å². The monoisotopic (exact) mass is 244 g/mol. The van der Waals surface area contributed by atoms with Crippen LogP contribution in [0, 0.1) is 5.92 Å². The van der Waals surface area contributed by atoms with E-state index in [2.05, 4.69) is 45.6 Å². The van der Waals surface area contributed by atoms with E-state index < -0.39 is 0 Å². The summed E-state index contributed by atoms with van der Waals surface area (Å²) in [6, 6.07) is 8.34. The quantitative estimate of drug-likeness (QED) is 0.479. The Labute approximate surface area is 111 Å². The summed E-state index contributed by atoms with van der Waals surface area (Å²) in [4.78, 5) is 0.